The number of hydrogen-bond acceptors (Lipinski definition) is 7. The summed E-state index contributed by atoms with van der Waals surface area (Å²) in [5, 5.41) is 21.3. The van der Waals surface area contributed by atoms with Gasteiger partial charge in [0.15, 0.2) is 0 Å². The van der Waals surface area contributed by atoms with Gasteiger partial charge in [-0.2, -0.15) is 0 Å². The number of nitrogens with zero attached hydrogens (tertiary/aromatic N) is 3. The second-order valence-corrected chi connectivity index (χ2v) is 8.19. The zero-order valence-corrected chi connectivity index (χ0v) is 16.4. The highest BCUT2D eigenvalue weighted by Gasteiger charge is 2.22. The molecule has 1 aliphatic rings. The largest absolute Gasteiger partial charge is 0.431 e. The predicted molar refractivity (Wildman–Crippen MR) is 113 cm³/mol. The van der Waals surface area contributed by atoms with Gasteiger partial charge in [-0.15, -0.1) is 11.3 Å². The fraction of sp³-hybridized carbons (Fsp3) is 0.238. The van der Waals surface area contributed by atoms with Gasteiger partial charge in [-0.05, 0) is 43.5 Å². The van der Waals surface area contributed by atoms with E-state index in [-0.39, 0.29) is 16.8 Å². The Morgan fingerprint density at radius 3 is 2.69 bits per heavy atom. The van der Waals surface area contributed by atoms with Crippen molar-refractivity contribution in [3.05, 3.63) is 58.1 Å². The minimum Gasteiger partial charge on any atom is -0.431 e. The number of fused-ring (bicyclic) bond motifs is 2. The van der Waals surface area contributed by atoms with E-state index in [1.807, 2.05) is 30.3 Å². The normalized spacial score (nSPS) is 14.6. The van der Waals surface area contributed by atoms with E-state index in [1.165, 1.54) is 17.8 Å². The molecular weight excluding hydrogens is 388 g/mol. The molecule has 0 saturated carbocycles. The van der Waals surface area contributed by atoms with Gasteiger partial charge in [-0.25, -0.2) is 4.98 Å². The molecule has 0 radical (unpaired) electrons. The Kier molecular flexibility index (Phi) is 4.28. The first kappa shape index (κ1) is 17.8. The van der Waals surface area contributed by atoms with Crippen LogP contribution in [0.2, 0.25) is 0 Å². The first-order valence-electron chi connectivity index (χ1n) is 9.52. The number of thiazole rings is 1. The van der Waals surface area contributed by atoms with Crippen molar-refractivity contribution in [2.75, 3.05) is 18.0 Å². The summed E-state index contributed by atoms with van der Waals surface area (Å²) >= 11 is 1.48. The van der Waals surface area contributed by atoms with Crippen molar-refractivity contribution in [3.8, 4) is 10.6 Å². The molecule has 1 N–H and O–H groups in total. The summed E-state index contributed by atoms with van der Waals surface area (Å²) in [4.78, 5) is 18.1. The minimum absolute atomic E-state index is 0.104. The van der Waals surface area contributed by atoms with Gasteiger partial charge in [0, 0.05) is 30.2 Å². The molecule has 0 unspecified atom stereocenters. The van der Waals surface area contributed by atoms with Crippen LogP contribution in [0.5, 0.6) is 0 Å². The third-order valence-corrected chi connectivity index (χ3v) is 6.34. The van der Waals surface area contributed by atoms with Crippen LogP contribution in [0.4, 0.5) is 11.4 Å². The predicted octanol–water partition coefficient (Wildman–Crippen LogP) is 5.09. The summed E-state index contributed by atoms with van der Waals surface area (Å²) < 4.78 is 6.67. The highest BCUT2D eigenvalue weighted by molar-refractivity contribution is 7.21. The molecule has 1 fully saturated rings. The number of para-hydroxylation sites is 1. The molecule has 1 saturated heterocycles. The molecule has 0 atom stereocenters. The number of piperidine rings is 1. The lowest BCUT2D eigenvalue weighted by atomic mass is 10.1. The summed E-state index contributed by atoms with van der Waals surface area (Å²) in [5.74, 6) is 0. The van der Waals surface area contributed by atoms with Gasteiger partial charge in [0.05, 0.1) is 20.7 Å². The number of anilines is 1. The van der Waals surface area contributed by atoms with Crippen molar-refractivity contribution in [2.24, 2.45) is 0 Å². The maximum Gasteiger partial charge on any atom is 0.314 e. The number of rotatable bonds is 3. The topological polar surface area (TPSA) is 96.3 Å². The van der Waals surface area contributed by atoms with Crippen LogP contribution in [-0.2, 0) is 0 Å². The lowest BCUT2D eigenvalue weighted by Crippen LogP contribution is -2.29. The first-order valence-corrected chi connectivity index (χ1v) is 10.3. The van der Waals surface area contributed by atoms with Crippen LogP contribution in [0.15, 0.2) is 46.9 Å². The van der Waals surface area contributed by atoms with Crippen molar-refractivity contribution in [1.29, 1.82) is 5.41 Å². The second kappa shape index (κ2) is 6.97. The van der Waals surface area contributed by atoms with Gasteiger partial charge in [0.2, 0.25) is 11.1 Å². The van der Waals surface area contributed by atoms with Gasteiger partial charge in [0.25, 0.3) is 0 Å². The van der Waals surface area contributed by atoms with E-state index in [1.54, 1.807) is 12.1 Å². The number of nitro groups is 1. The molecule has 29 heavy (non-hydrogen) atoms. The molecule has 0 bridgehead atoms. The number of aromatic nitrogens is 1. The summed E-state index contributed by atoms with van der Waals surface area (Å²) in [5.41, 5.74) is 2.14. The van der Waals surface area contributed by atoms with E-state index in [0.29, 0.717) is 16.0 Å². The fourth-order valence-corrected chi connectivity index (χ4v) is 4.81. The van der Waals surface area contributed by atoms with Crippen molar-refractivity contribution in [2.45, 2.75) is 19.3 Å². The Morgan fingerprint density at radius 2 is 1.93 bits per heavy atom. The lowest BCUT2D eigenvalue weighted by Gasteiger charge is -2.28. The SMILES string of the molecule is N=c1oc2c([N+](=O)[O-])cc(N3CCCCC3)cc2cc1-c1nc2ccccc2s1. The average molecular weight is 406 g/mol. The molecule has 3 heterocycles. The fourth-order valence-electron chi connectivity index (χ4n) is 3.83. The molecule has 7 nitrogen and oxygen atoms in total. The summed E-state index contributed by atoms with van der Waals surface area (Å²) in [6.07, 6.45) is 3.35. The first-order chi connectivity index (χ1) is 14.1. The molecule has 0 amide bonds. The molecule has 4 aromatic rings. The minimum atomic E-state index is -0.434. The van der Waals surface area contributed by atoms with E-state index < -0.39 is 4.92 Å². The molecule has 5 rings (SSSR count). The van der Waals surface area contributed by atoms with Gasteiger partial charge >= 0.3 is 5.69 Å². The van der Waals surface area contributed by atoms with Crippen molar-refractivity contribution >= 4 is 43.9 Å². The van der Waals surface area contributed by atoms with Crippen LogP contribution in [0.25, 0.3) is 31.8 Å². The lowest BCUT2D eigenvalue weighted by molar-refractivity contribution is -0.383. The van der Waals surface area contributed by atoms with Crippen molar-refractivity contribution in [1.82, 2.24) is 4.98 Å². The van der Waals surface area contributed by atoms with E-state index >= 15 is 0 Å². The zero-order chi connectivity index (χ0) is 20.0. The Labute approximate surface area is 169 Å². The number of nitrogens with one attached hydrogen (secondary N) is 1. The van der Waals surface area contributed by atoms with Crippen LogP contribution in [-0.4, -0.2) is 23.0 Å². The Bertz CT molecular complexity index is 1270. The molecule has 2 aromatic heterocycles. The zero-order valence-electron chi connectivity index (χ0n) is 15.6. The van der Waals surface area contributed by atoms with E-state index in [9.17, 15) is 10.1 Å². The van der Waals surface area contributed by atoms with Gasteiger partial charge in [-0.1, -0.05) is 12.1 Å². The molecule has 1 aliphatic heterocycles. The molecule has 8 heteroatoms. The van der Waals surface area contributed by atoms with Crippen LogP contribution in [0.3, 0.4) is 0 Å². The van der Waals surface area contributed by atoms with Gasteiger partial charge in [-0.3, -0.25) is 15.5 Å². The van der Waals surface area contributed by atoms with Crippen molar-refractivity contribution in [3.63, 3.8) is 0 Å². The van der Waals surface area contributed by atoms with Gasteiger partial charge < -0.3 is 9.32 Å². The monoisotopic (exact) mass is 406 g/mol. The standard InChI is InChI=1S/C21H18N4O3S/c22-20-15(21-23-16-6-2-3-7-18(16)29-21)11-13-10-14(24-8-4-1-5-9-24)12-17(25(26)27)19(13)28-20/h2-3,6-7,10-12,22H,1,4-5,8-9H2. The van der Waals surface area contributed by atoms with Crippen LogP contribution in [0.1, 0.15) is 19.3 Å². The third-order valence-electron chi connectivity index (χ3n) is 5.27. The van der Waals surface area contributed by atoms with Crippen LogP contribution < -0.4 is 10.5 Å². The third kappa shape index (κ3) is 3.15. The smallest absolute Gasteiger partial charge is 0.314 e. The Balaban J connectivity index is 1.71. The van der Waals surface area contributed by atoms with Crippen molar-refractivity contribution < 1.29 is 9.34 Å². The molecule has 2 aromatic carbocycles. The summed E-state index contributed by atoms with van der Waals surface area (Å²) in [7, 11) is 0. The average Bonchev–Trinajstić information content (AvgIpc) is 3.17. The van der Waals surface area contributed by atoms with Crippen LogP contribution >= 0.6 is 11.3 Å². The van der Waals surface area contributed by atoms with E-state index in [2.05, 4.69) is 9.88 Å². The number of non-ortho nitro benzene ring substituents is 1. The Hall–Kier alpha value is -3.26. The van der Waals surface area contributed by atoms with Gasteiger partial charge in [0.1, 0.15) is 5.01 Å². The molecular formula is C21H18N4O3S. The summed E-state index contributed by atoms with van der Waals surface area (Å²) in [6.45, 7) is 1.78. The highest BCUT2D eigenvalue weighted by atomic mass is 32.1. The maximum absolute atomic E-state index is 11.7. The molecule has 146 valence electrons. The number of benzene rings is 2. The van der Waals surface area contributed by atoms with E-state index in [4.69, 9.17) is 9.83 Å². The molecule has 0 aliphatic carbocycles. The quantitative estimate of drug-likeness (QED) is 0.378. The highest BCUT2D eigenvalue weighted by Crippen LogP contribution is 2.35. The van der Waals surface area contributed by atoms with Crippen LogP contribution in [0, 0.1) is 15.5 Å². The maximum atomic E-state index is 11.7. The Morgan fingerprint density at radius 1 is 1.14 bits per heavy atom. The number of nitro benzene ring substituents is 1. The van der Waals surface area contributed by atoms with E-state index in [0.717, 1.165) is 41.8 Å². The summed E-state index contributed by atoms with van der Waals surface area (Å²) in [6, 6.07) is 13.1. The second-order valence-electron chi connectivity index (χ2n) is 7.16. The number of hydrogen-bond donors (Lipinski definition) is 1. The molecule has 0 spiro atoms.